The Labute approximate surface area is 172 Å². The molecule has 0 spiro atoms. The minimum absolute atomic E-state index is 0.00926. The first-order valence-electron chi connectivity index (χ1n) is 9.02. The maximum atomic E-state index is 12.5. The summed E-state index contributed by atoms with van der Waals surface area (Å²) in [7, 11) is 0. The summed E-state index contributed by atoms with van der Waals surface area (Å²) in [6.45, 7) is 1.91. The molecule has 0 bridgehead atoms. The Morgan fingerprint density at radius 3 is 2.59 bits per heavy atom. The quantitative estimate of drug-likeness (QED) is 0.456. The second kappa shape index (κ2) is 9.22. The van der Waals surface area contributed by atoms with Gasteiger partial charge in [-0.2, -0.15) is 5.26 Å². The van der Waals surface area contributed by atoms with Gasteiger partial charge in [-0.15, -0.1) is 0 Å². The molecule has 1 aromatic heterocycles. The molecule has 6 nitrogen and oxygen atoms in total. The number of aromatic hydroxyl groups is 1. The molecule has 0 radical (unpaired) electrons. The summed E-state index contributed by atoms with van der Waals surface area (Å²) < 4.78 is 4.81. The highest BCUT2D eigenvalue weighted by Gasteiger charge is 2.21. The summed E-state index contributed by atoms with van der Waals surface area (Å²) in [5.74, 6) is -1.48. The zero-order valence-electron chi connectivity index (χ0n) is 15.7. The molecule has 0 unspecified atom stereocenters. The number of fused-ring (bicyclic) bond motifs is 1. The van der Waals surface area contributed by atoms with E-state index in [1.165, 1.54) is 11.8 Å². The monoisotopic (exact) mass is 406 g/mol. The molecule has 1 heterocycles. The maximum Gasteiger partial charge on any atom is 0.306 e. The molecule has 29 heavy (non-hydrogen) atoms. The molecular formula is C22H18N2O4S. The van der Waals surface area contributed by atoms with Gasteiger partial charge in [0.05, 0.1) is 18.5 Å². The number of ketones is 1. The van der Waals surface area contributed by atoms with E-state index in [0.29, 0.717) is 10.9 Å². The van der Waals surface area contributed by atoms with Crippen molar-refractivity contribution in [2.75, 3.05) is 6.61 Å². The van der Waals surface area contributed by atoms with Crippen molar-refractivity contribution in [3.05, 3.63) is 59.8 Å². The average molecular weight is 406 g/mol. The molecule has 1 N–H and O–H groups in total. The summed E-state index contributed by atoms with van der Waals surface area (Å²) in [5.41, 5.74) is 0.211. The minimum atomic E-state index is -0.517. The first-order chi connectivity index (χ1) is 14.0. The maximum absolute atomic E-state index is 12.5. The lowest BCUT2D eigenvalue weighted by Gasteiger charge is -2.10. The SMILES string of the molecule is CCOC(=O)CCC(=O)c1nc2ccc(Sc3ccccc3)cc2c(C#N)c1O. The first kappa shape index (κ1) is 20.4. The smallest absolute Gasteiger partial charge is 0.306 e. The molecule has 0 aliphatic heterocycles. The summed E-state index contributed by atoms with van der Waals surface area (Å²) in [6, 6.07) is 17.0. The topological polar surface area (TPSA) is 100 Å². The number of hydrogen-bond acceptors (Lipinski definition) is 7. The molecule has 3 aromatic rings. The van der Waals surface area contributed by atoms with Crippen LogP contribution in [0, 0.1) is 11.3 Å². The Morgan fingerprint density at radius 1 is 1.14 bits per heavy atom. The van der Waals surface area contributed by atoms with Gasteiger partial charge < -0.3 is 9.84 Å². The number of pyridine rings is 1. The molecule has 7 heteroatoms. The summed E-state index contributed by atoms with van der Waals surface area (Å²) in [6.07, 6.45) is -0.266. The van der Waals surface area contributed by atoms with Gasteiger partial charge in [0, 0.05) is 21.6 Å². The van der Waals surface area contributed by atoms with Gasteiger partial charge in [0.2, 0.25) is 0 Å². The number of esters is 1. The van der Waals surface area contributed by atoms with E-state index in [0.717, 1.165) is 9.79 Å². The van der Waals surface area contributed by atoms with Crippen LogP contribution in [0.15, 0.2) is 58.3 Å². The van der Waals surface area contributed by atoms with Crippen LogP contribution in [0.1, 0.15) is 35.8 Å². The van der Waals surface area contributed by atoms with Crippen LogP contribution in [0.2, 0.25) is 0 Å². The van der Waals surface area contributed by atoms with Gasteiger partial charge in [0.1, 0.15) is 17.3 Å². The first-order valence-corrected chi connectivity index (χ1v) is 9.83. The van der Waals surface area contributed by atoms with Crippen LogP contribution in [0.3, 0.4) is 0 Å². The predicted molar refractivity (Wildman–Crippen MR) is 109 cm³/mol. The van der Waals surface area contributed by atoms with Crippen LogP contribution in [0.5, 0.6) is 5.75 Å². The van der Waals surface area contributed by atoms with E-state index in [9.17, 15) is 20.0 Å². The zero-order valence-corrected chi connectivity index (χ0v) is 16.5. The molecule has 0 aliphatic carbocycles. The molecule has 0 saturated carbocycles. The number of Topliss-reactive ketones (excluding diaryl/α,β-unsaturated/α-hetero) is 1. The van der Waals surface area contributed by atoms with Crippen LogP contribution >= 0.6 is 11.8 Å². The van der Waals surface area contributed by atoms with Gasteiger partial charge in [-0.3, -0.25) is 9.59 Å². The lowest BCUT2D eigenvalue weighted by atomic mass is 10.0. The number of nitriles is 1. The molecule has 2 aromatic carbocycles. The summed E-state index contributed by atoms with van der Waals surface area (Å²) in [4.78, 5) is 30.1. The number of nitrogens with zero attached hydrogens (tertiary/aromatic N) is 2. The van der Waals surface area contributed by atoms with Crippen molar-refractivity contribution in [1.82, 2.24) is 4.98 Å². The van der Waals surface area contributed by atoms with Crippen LogP contribution in [-0.4, -0.2) is 28.4 Å². The third-order valence-corrected chi connectivity index (χ3v) is 5.14. The standard InChI is InChI=1S/C22H18N2O4S/c1-2-28-20(26)11-10-19(25)21-22(27)17(13-23)16-12-15(8-9-18(16)24-21)29-14-6-4-3-5-7-14/h3-9,12,27H,2,10-11H2,1H3. The van der Waals surface area contributed by atoms with E-state index in [-0.39, 0.29) is 30.7 Å². The fraction of sp³-hybridized carbons (Fsp3) is 0.182. The molecule has 0 amide bonds. The lowest BCUT2D eigenvalue weighted by Crippen LogP contribution is -2.10. The van der Waals surface area contributed by atoms with Crippen molar-refractivity contribution in [3.8, 4) is 11.8 Å². The van der Waals surface area contributed by atoms with Crippen molar-refractivity contribution in [2.45, 2.75) is 29.6 Å². The summed E-state index contributed by atoms with van der Waals surface area (Å²) in [5, 5.41) is 20.5. The Balaban J connectivity index is 1.93. The van der Waals surface area contributed by atoms with E-state index in [2.05, 4.69) is 4.98 Å². The van der Waals surface area contributed by atoms with E-state index in [4.69, 9.17) is 4.74 Å². The number of hydrogen-bond donors (Lipinski definition) is 1. The summed E-state index contributed by atoms with van der Waals surface area (Å²) >= 11 is 1.52. The number of rotatable bonds is 7. The van der Waals surface area contributed by atoms with E-state index < -0.39 is 17.5 Å². The fourth-order valence-electron chi connectivity index (χ4n) is 2.80. The fourth-order valence-corrected chi connectivity index (χ4v) is 3.67. The number of aromatic nitrogens is 1. The number of ether oxygens (including phenoxy) is 1. The van der Waals surface area contributed by atoms with Crippen molar-refractivity contribution in [1.29, 1.82) is 5.26 Å². The highest BCUT2D eigenvalue weighted by molar-refractivity contribution is 7.99. The number of benzene rings is 2. The molecule has 0 atom stereocenters. The van der Waals surface area contributed by atoms with Crippen LogP contribution in [0.25, 0.3) is 10.9 Å². The predicted octanol–water partition coefficient (Wildman–Crippen LogP) is 4.49. The molecule has 146 valence electrons. The molecule has 0 saturated heterocycles. The Kier molecular flexibility index (Phi) is 6.47. The normalized spacial score (nSPS) is 10.5. The minimum Gasteiger partial charge on any atom is -0.504 e. The van der Waals surface area contributed by atoms with Gasteiger partial charge in [-0.05, 0) is 37.3 Å². The van der Waals surface area contributed by atoms with Crippen molar-refractivity contribution in [2.24, 2.45) is 0 Å². The molecule has 0 fully saturated rings. The van der Waals surface area contributed by atoms with Crippen LogP contribution in [-0.2, 0) is 9.53 Å². The second-order valence-electron chi connectivity index (χ2n) is 6.12. The number of carbonyl (C=O) groups is 2. The zero-order chi connectivity index (χ0) is 20.8. The number of carbonyl (C=O) groups excluding carboxylic acids is 2. The van der Waals surface area contributed by atoms with Crippen LogP contribution < -0.4 is 0 Å². The van der Waals surface area contributed by atoms with Crippen LogP contribution in [0.4, 0.5) is 0 Å². The van der Waals surface area contributed by atoms with Crippen molar-refractivity contribution < 1.29 is 19.4 Å². The average Bonchev–Trinajstić information content (AvgIpc) is 2.72. The molecule has 0 aliphatic rings. The van der Waals surface area contributed by atoms with Gasteiger partial charge in [0.15, 0.2) is 11.5 Å². The highest BCUT2D eigenvalue weighted by Crippen LogP contribution is 2.34. The van der Waals surface area contributed by atoms with E-state index in [1.54, 1.807) is 19.1 Å². The molecule has 3 rings (SSSR count). The second-order valence-corrected chi connectivity index (χ2v) is 7.27. The Bertz CT molecular complexity index is 1110. The molecular weight excluding hydrogens is 388 g/mol. The van der Waals surface area contributed by atoms with Crippen molar-refractivity contribution >= 4 is 34.4 Å². The van der Waals surface area contributed by atoms with Gasteiger partial charge in [-0.1, -0.05) is 30.0 Å². The largest absolute Gasteiger partial charge is 0.504 e. The highest BCUT2D eigenvalue weighted by atomic mass is 32.2. The lowest BCUT2D eigenvalue weighted by molar-refractivity contribution is -0.143. The Hall–Kier alpha value is -3.37. The van der Waals surface area contributed by atoms with Gasteiger partial charge >= 0.3 is 5.97 Å². The van der Waals surface area contributed by atoms with Gasteiger partial charge in [-0.25, -0.2) is 4.98 Å². The third-order valence-electron chi connectivity index (χ3n) is 4.15. The van der Waals surface area contributed by atoms with E-state index in [1.807, 2.05) is 42.5 Å². The van der Waals surface area contributed by atoms with E-state index >= 15 is 0 Å². The van der Waals surface area contributed by atoms with Crippen molar-refractivity contribution in [3.63, 3.8) is 0 Å². The van der Waals surface area contributed by atoms with Gasteiger partial charge in [0.25, 0.3) is 0 Å². The third kappa shape index (κ3) is 4.73. The Morgan fingerprint density at radius 2 is 1.90 bits per heavy atom.